The van der Waals surface area contributed by atoms with E-state index in [0.717, 1.165) is 36.6 Å². The van der Waals surface area contributed by atoms with Crippen LogP contribution in [0.1, 0.15) is 29.4 Å². The zero-order chi connectivity index (χ0) is 16.9. The molecule has 0 spiro atoms. The molecule has 0 bridgehead atoms. The van der Waals surface area contributed by atoms with Gasteiger partial charge >= 0.3 is 0 Å². The number of thiazole rings is 1. The van der Waals surface area contributed by atoms with Crippen LogP contribution in [0.2, 0.25) is 0 Å². The molecule has 3 aromatic rings. The topological polar surface area (TPSA) is 54.8 Å². The highest BCUT2D eigenvalue weighted by molar-refractivity contribution is 7.11. The number of aromatic nitrogens is 4. The van der Waals surface area contributed by atoms with Crippen molar-refractivity contribution in [3.05, 3.63) is 52.2 Å². The number of nitrogens with zero attached hydrogens (tertiary/aromatic N) is 5. The van der Waals surface area contributed by atoms with Gasteiger partial charge in [-0.25, -0.2) is 15.0 Å². The number of rotatable bonds is 6. The lowest BCUT2D eigenvalue weighted by Crippen LogP contribution is -2.18. The summed E-state index contributed by atoms with van der Waals surface area (Å²) in [6.45, 7) is 5.02. The summed E-state index contributed by atoms with van der Waals surface area (Å²) >= 11 is 1.76. The van der Waals surface area contributed by atoms with Crippen LogP contribution in [-0.4, -0.2) is 27.0 Å². The lowest BCUT2D eigenvalue weighted by atomic mass is 10.2. The second kappa shape index (κ2) is 7.49. The fourth-order valence-corrected chi connectivity index (χ4v) is 3.28. The quantitative estimate of drug-likeness (QED) is 0.684. The first-order chi connectivity index (χ1) is 11.7. The van der Waals surface area contributed by atoms with E-state index in [9.17, 15) is 0 Å². The largest absolute Gasteiger partial charge is 0.354 e. The Bertz CT molecular complexity index is 800. The van der Waals surface area contributed by atoms with Crippen molar-refractivity contribution in [3.63, 3.8) is 0 Å². The summed E-state index contributed by atoms with van der Waals surface area (Å²) in [7, 11) is 2.05. The summed E-state index contributed by atoms with van der Waals surface area (Å²) in [4.78, 5) is 21.5. The fraction of sp³-hybridized carbons (Fsp3) is 0.333. The number of aryl methyl sites for hydroxylation is 2. The van der Waals surface area contributed by atoms with Crippen LogP contribution in [-0.2, 0) is 19.4 Å². The van der Waals surface area contributed by atoms with Gasteiger partial charge in [-0.15, -0.1) is 11.3 Å². The molecular formula is C18H21N5S. The van der Waals surface area contributed by atoms with Crippen LogP contribution in [0.5, 0.6) is 0 Å². The first kappa shape index (κ1) is 16.5. The normalized spacial score (nSPS) is 10.8. The van der Waals surface area contributed by atoms with Gasteiger partial charge in [0.2, 0.25) is 0 Å². The minimum absolute atomic E-state index is 0.676. The minimum Gasteiger partial charge on any atom is -0.354 e. The van der Waals surface area contributed by atoms with Gasteiger partial charge < -0.3 is 4.90 Å². The van der Waals surface area contributed by atoms with Crippen molar-refractivity contribution in [2.24, 2.45) is 0 Å². The molecule has 3 aromatic heterocycles. The van der Waals surface area contributed by atoms with Crippen molar-refractivity contribution in [2.75, 3.05) is 11.9 Å². The van der Waals surface area contributed by atoms with Crippen molar-refractivity contribution in [1.82, 2.24) is 19.9 Å². The van der Waals surface area contributed by atoms with E-state index in [-0.39, 0.29) is 0 Å². The third kappa shape index (κ3) is 3.76. The van der Waals surface area contributed by atoms with E-state index in [1.165, 1.54) is 9.88 Å². The van der Waals surface area contributed by atoms with Gasteiger partial charge in [0, 0.05) is 36.1 Å². The minimum atomic E-state index is 0.676. The molecule has 0 unspecified atom stereocenters. The molecule has 0 saturated heterocycles. The standard InChI is InChI=1S/C18H21N5S/c1-4-13-10-16(22-18(21-13)15-8-6-7-9-19-15)23(3)12-14-11-20-17(5-2)24-14/h6-11H,4-5,12H2,1-3H3. The van der Waals surface area contributed by atoms with Gasteiger partial charge in [-0.2, -0.15) is 0 Å². The van der Waals surface area contributed by atoms with E-state index in [4.69, 9.17) is 4.98 Å². The molecule has 5 nitrogen and oxygen atoms in total. The van der Waals surface area contributed by atoms with Crippen molar-refractivity contribution >= 4 is 17.2 Å². The predicted molar refractivity (Wildman–Crippen MR) is 98.2 cm³/mol. The van der Waals surface area contributed by atoms with Crippen LogP contribution >= 0.6 is 11.3 Å². The lowest BCUT2D eigenvalue weighted by molar-refractivity contribution is 0.888. The van der Waals surface area contributed by atoms with Gasteiger partial charge in [-0.1, -0.05) is 19.9 Å². The Balaban J connectivity index is 1.88. The Morgan fingerprint density at radius 1 is 1.08 bits per heavy atom. The zero-order valence-corrected chi connectivity index (χ0v) is 15.0. The molecule has 0 fully saturated rings. The van der Waals surface area contributed by atoms with Gasteiger partial charge in [0.1, 0.15) is 11.5 Å². The molecule has 0 saturated carbocycles. The van der Waals surface area contributed by atoms with E-state index >= 15 is 0 Å². The van der Waals surface area contributed by atoms with Crippen LogP contribution in [0, 0.1) is 0 Å². The molecule has 0 atom stereocenters. The predicted octanol–water partition coefficient (Wildman–Crippen LogP) is 3.76. The van der Waals surface area contributed by atoms with Crippen molar-refractivity contribution < 1.29 is 0 Å². The van der Waals surface area contributed by atoms with Gasteiger partial charge in [-0.05, 0) is 25.0 Å². The first-order valence-electron chi connectivity index (χ1n) is 8.13. The third-order valence-electron chi connectivity index (χ3n) is 3.71. The highest BCUT2D eigenvalue weighted by atomic mass is 32.1. The lowest BCUT2D eigenvalue weighted by Gasteiger charge is -2.18. The molecule has 0 aromatic carbocycles. The van der Waals surface area contributed by atoms with Gasteiger partial charge in [0.05, 0.1) is 11.6 Å². The van der Waals surface area contributed by atoms with Crippen LogP contribution < -0.4 is 4.90 Å². The van der Waals surface area contributed by atoms with Gasteiger partial charge in [0.15, 0.2) is 5.82 Å². The summed E-state index contributed by atoms with van der Waals surface area (Å²) in [5.41, 5.74) is 1.82. The third-order valence-corrected chi connectivity index (χ3v) is 4.84. The molecule has 3 rings (SSSR count). The molecule has 3 heterocycles. The van der Waals surface area contributed by atoms with Crippen LogP contribution in [0.15, 0.2) is 36.7 Å². The molecule has 0 amide bonds. The molecule has 24 heavy (non-hydrogen) atoms. The Morgan fingerprint density at radius 3 is 2.62 bits per heavy atom. The van der Waals surface area contributed by atoms with E-state index in [1.54, 1.807) is 17.5 Å². The van der Waals surface area contributed by atoms with Crippen LogP contribution in [0.25, 0.3) is 11.5 Å². The van der Waals surface area contributed by atoms with Crippen LogP contribution in [0.4, 0.5) is 5.82 Å². The molecule has 0 N–H and O–H groups in total. The molecule has 124 valence electrons. The Hall–Kier alpha value is -2.34. The molecular weight excluding hydrogens is 318 g/mol. The van der Waals surface area contributed by atoms with Gasteiger partial charge in [-0.3, -0.25) is 4.98 Å². The fourth-order valence-electron chi connectivity index (χ4n) is 2.37. The highest BCUT2D eigenvalue weighted by Gasteiger charge is 2.12. The number of anilines is 1. The smallest absolute Gasteiger partial charge is 0.180 e. The van der Waals surface area contributed by atoms with E-state index in [2.05, 4.69) is 40.7 Å². The average molecular weight is 339 g/mol. The number of pyridine rings is 1. The zero-order valence-electron chi connectivity index (χ0n) is 14.2. The average Bonchev–Trinajstić information content (AvgIpc) is 3.09. The maximum Gasteiger partial charge on any atom is 0.180 e. The van der Waals surface area contributed by atoms with Gasteiger partial charge in [0.25, 0.3) is 0 Å². The molecule has 0 radical (unpaired) electrons. The first-order valence-corrected chi connectivity index (χ1v) is 8.95. The second-order valence-electron chi connectivity index (χ2n) is 5.54. The summed E-state index contributed by atoms with van der Waals surface area (Å²) < 4.78 is 0. The monoisotopic (exact) mass is 339 g/mol. The van der Waals surface area contributed by atoms with E-state index < -0.39 is 0 Å². The highest BCUT2D eigenvalue weighted by Crippen LogP contribution is 2.21. The second-order valence-corrected chi connectivity index (χ2v) is 6.74. The van der Waals surface area contributed by atoms with E-state index in [1.807, 2.05) is 30.5 Å². The molecule has 0 aliphatic heterocycles. The number of hydrogen-bond donors (Lipinski definition) is 0. The summed E-state index contributed by atoms with van der Waals surface area (Å²) in [5, 5.41) is 1.17. The molecule has 0 aliphatic carbocycles. The maximum absolute atomic E-state index is 4.71. The molecule has 0 aliphatic rings. The summed E-state index contributed by atoms with van der Waals surface area (Å²) in [6, 6.07) is 7.84. The Labute approximate surface area is 146 Å². The Morgan fingerprint density at radius 2 is 1.96 bits per heavy atom. The maximum atomic E-state index is 4.71. The van der Waals surface area contributed by atoms with Crippen LogP contribution in [0.3, 0.4) is 0 Å². The summed E-state index contributed by atoms with van der Waals surface area (Å²) in [6.07, 6.45) is 5.57. The number of hydrogen-bond acceptors (Lipinski definition) is 6. The van der Waals surface area contributed by atoms with Crippen molar-refractivity contribution in [3.8, 4) is 11.5 Å². The van der Waals surface area contributed by atoms with Crippen molar-refractivity contribution in [2.45, 2.75) is 33.2 Å². The SMILES string of the molecule is CCc1cc(N(C)Cc2cnc(CC)s2)nc(-c2ccccn2)n1. The summed E-state index contributed by atoms with van der Waals surface area (Å²) in [5.74, 6) is 1.59. The Kier molecular flexibility index (Phi) is 5.15. The van der Waals surface area contributed by atoms with Crippen molar-refractivity contribution in [1.29, 1.82) is 0 Å². The molecule has 6 heteroatoms. The van der Waals surface area contributed by atoms with E-state index in [0.29, 0.717) is 5.82 Å².